The molecule has 3 nitrogen and oxygen atoms in total. The van der Waals surface area contributed by atoms with Crippen LogP contribution < -0.4 is 0 Å². The first-order valence-corrected chi connectivity index (χ1v) is 8.20. The summed E-state index contributed by atoms with van der Waals surface area (Å²) in [5, 5.41) is 9.54. The molecule has 0 aliphatic heterocycles. The number of nitrogens with zero attached hydrogens (tertiary/aromatic N) is 1. The third-order valence-electron chi connectivity index (χ3n) is 4.52. The molecule has 0 spiro atoms. The lowest BCUT2D eigenvalue weighted by Gasteiger charge is -2.32. The summed E-state index contributed by atoms with van der Waals surface area (Å²) >= 11 is 5.74. The van der Waals surface area contributed by atoms with E-state index in [2.05, 4.69) is 4.98 Å². The maximum absolute atomic E-state index is 15.4. The third kappa shape index (κ3) is 3.16. The molecule has 1 aromatic carbocycles. The van der Waals surface area contributed by atoms with Crippen molar-refractivity contribution in [3.8, 4) is 0 Å². The molecule has 25 heavy (non-hydrogen) atoms. The zero-order valence-electron chi connectivity index (χ0n) is 13.1. The second-order valence-corrected chi connectivity index (χ2v) is 6.43. The van der Waals surface area contributed by atoms with Crippen molar-refractivity contribution in [3.63, 3.8) is 0 Å². The third-order valence-corrected chi connectivity index (χ3v) is 4.93. The van der Waals surface area contributed by atoms with Crippen LogP contribution in [-0.4, -0.2) is 15.9 Å². The van der Waals surface area contributed by atoms with Crippen LogP contribution >= 0.6 is 11.6 Å². The second-order valence-electron chi connectivity index (χ2n) is 6.05. The van der Waals surface area contributed by atoms with Crippen molar-refractivity contribution in [1.29, 1.82) is 0 Å². The maximum Gasteiger partial charge on any atom is 0.195 e. The highest BCUT2D eigenvalue weighted by Gasteiger charge is 2.45. The quantitative estimate of drug-likeness (QED) is 0.821. The molecule has 3 rings (SSSR count). The molecule has 0 radical (unpaired) electrons. The van der Waals surface area contributed by atoms with Crippen LogP contribution in [0.15, 0.2) is 30.5 Å². The van der Waals surface area contributed by atoms with Gasteiger partial charge in [-0.05, 0) is 37.0 Å². The summed E-state index contributed by atoms with van der Waals surface area (Å²) in [6, 6.07) is 5.14. The van der Waals surface area contributed by atoms with Gasteiger partial charge in [-0.2, -0.15) is 0 Å². The van der Waals surface area contributed by atoms with Crippen LogP contribution in [0, 0.1) is 11.6 Å². The van der Waals surface area contributed by atoms with Gasteiger partial charge in [0.15, 0.2) is 23.1 Å². The number of hydrogen-bond donors (Lipinski definition) is 1. The smallest absolute Gasteiger partial charge is 0.195 e. The first-order valence-electron chi connectivity index (χ1n) is 7.82. The molecule has 1 aromatic heterocycles. The molecule has 0 bridgehead atoms. The molecule has 0 saturated carbocycles. The van der Waals surface area contributed by atoms with Gasteiger partial charge in [0.25, 0.3) is 0 Å². The summed E-state index contributed by atoms with van der Waals surface area (Å²) in [5.41, 5.74) is -1.79. The number of carbonyl (C=O) groups excluding carboxylic acids is 1. The molecule has 0 fully saturated rings. The van der Waals surface area contributed by atoms with E-state index in [1.807, 2.05) is 0 Å². The van der Waals surface area contributed by atoms with Gasteiger partial charge in [0.1, 0.15) is 0 Å². The highest BCUT2D eigenvalue weighted by atomic mass is 35.5. The summed E-state index contributed by atoms with van der Waals surface area (Å²) in [5.74, 6) is -2.96. The van der Waals surface area contributed by atoms with Crippen LogP contribution in [-0.2, 0) is 16.9 Å². The summed E-state index contributed by atoms with van der Waals surface area (Å²) < 4.78 is 42.0. The van der Waals surface area contributed by atoms with Gasteiger partial charge in [-0.3, -0.25) is 9.78 Å². The van der Waals surface area contributed by atoms with E-state index in [9.17, 15) is 18.7 Å². The highest BCUT2D eigenvalue weighted by molar-refractivity contribution is 6.31. The number of benzene rings is 1. The Kier molecular flexibility index (Phi) is 4.84. The Balaban J connectivity index is 1.82. The van der Waals surface area contributed by atoms with Crippen molar-refractivity contribution in [2.75, 3.05) is 0 Å². The van der Waals surface area contributed by atoms with Gasteiger partial charge in [0.05, 0.1) is 16.8 Å². The second kappa shape index (κ2) is 6.77. The van der Waals surface area contributed by atoms with E-state index in [1.54, 1.807) is 0 Å². The maximum atomic E-state index is 15.4. The van der Waals surface area contributed by atoms with Crippen LogP contribution in [0.1, 0.15) is 42.2 Å². The van der Waals surface area contributed by atoms with Crippen LogP contribution in [0.5, 0.6) is 0 Å². The lowest BCUT2D eigenvalue weighted by molar-refractivity contribution is -0.133. The van der Waals surface area contributed by atoms with Crippen molar-refractivity contribution in [1.82, 2.24) is 4.98 Å². The van der Waals surface area contributed by atoms with Gasteiger partial charge < -0.3 is 5.11 Å². The van der Waals surface area contributed by atoms with E-state index in [0.29, 0.717) is 0 Å². The first kappa shape index (κ1) is 17.9. The fraction of sp³-hybridized carbons (Fsp3) is 0.333. The van der Waals surface area contributed by atoms with Crippen molar-refractivity contribution in [3.05, 3.63) is 63.9 Å². The van der Waals surface area contributed by atoms with Gasteiger partial charge >= 0.3 is 0 Å². The van der Waals surface area contributed by atoms with Crippen molar-refractivity contribution < 1.29 is 23.1 Å². The predicted octanol–water partition coefficient (Wildman–Crippen LogP) is 4.21. The molecule has 0 saturated heterocycles. The molecule has 1 aliphatic carbocycles. The molecular formula is C18H15ClF3NO2. The van der Waals surface area contributed by atoms with Crippen LogP contribution in [0.25, 0.3) is 0 Å². The minimum Gasteiger partial charge on any atom is -0.387 e. The van der Waals surface area contributed by atoms with Crippen molar-refractivity contribution in [2.24, 2.45) is 0 Å². The number of Topliss-reactive ketones (excluding diaryl/α,β-unsaturated/α-hetero) is 1. The molecular weight excluding hydrogens is 355 g/mol. The minimum absolute atomic E-state index is 0.0152. The molecule has 2 atom stereocenters. The fourth-order valence-electron chi connectivity index (χ4n) is 3.12. The Morgan fingerprint density at radius 1 is 1.36 bits per heavy atom. The number of halogens is 4. The lowest BCUT2D eigenvalue weighted by atomic mass is 9.77. The van der Waals surface area contributed by atoms with Crippen LogP contribution in [0.3, 0.4) is 0 Å². The molecule has 1 N–H and O–H groups in total. The molecule has 2 aromatic rings. The SMILES string of the molecule is O=C(CCc1ccc(F)c(F)c1Cl)[C@]1(F)CC[C@H](O)c2ncccc21. The molecule has 7 heteroatoms. The van der Waals surface area contributed by atoms with Gasteiger partial charge in [0.2, 0.25) is 0 Å². The van der Waals surface area contributed by atoms with Gasteiger partial charge in [-0.15, -0.1) is 0 Å². The number of aromatic nitrogens is 1. The first-order chi connectivity index (χ1) is 11.8. The Hall–Kier alpha value is -1.92. The molecule has 0 amide bonds. The van der Waals surface area contributed by atoms with E-state index in [1.165, 1.54) is 24.4 Å². The fourth-order valence-corrected chi connectivity index (χ4v) is 3.37. The highest BCUT2D eigenvalue weighted by Crippen LogP contribution is 2.43. The van der Waals surface area contributed by atoms with E-state index in [4.69, 9.17) is 11.6 Å². The largest absolute Gasteiger partial charge is 0.387 e. The summed E-state index contributed by atoms with van der Waals surface area (Å²) in [4.78, 5) is 16.5. The van der Waals surface area contributed by atoms with Crippen LogP contribution in [0.4, 0.5) is 13.2 Å². The van der Waals surface area contributed by atoms with Crippen molar-refractivity contribution >= 4 is 17.4 Å². The number of pyridine rings is 1. The summed E-state index contributed by atoms with van der Waals surface area (Å²) in [6.45, 7) is 0. The Morgan fingerprint density at radius 3 is 2.88 bits per heavy atom. The van der Waals surface area contributed by atoms with Gasteiger partial charge in [0, 0.05) is 18.2 Å². The monoisotopic (exact) mass is 369 g/mol. The van der Waals surface area contributed by atoms with E-state index in [0.717, 1.165) is 6.07 Å². The number of ketones is 1. The molecule has 1 aliphatic rings. The summed E-state index contributed by atoms with van der Waals surface area (Å²) in [6.07, 6.45) is 0.201. The number of hydrogen-bond acceptors (Lipinski definition) is 3. The Morgan fingerprint density at radius 2 is 2.12 bits per heavy atom. The Bertz CT molecular complexity index is 830. The van der Waals surface area contributed by atoms with Crippen LogP contribution in [0.2, 0.25) is 5.02 Å². The minimum atomic E-state index is -2.26. The number of rotatable bonds is 4. The van der Waals surface area contributed by atoms with Gasteiger partial charge in [-0.25, -0.2) is 13.2 Å². The number of carbonyl (C=O) groups is 1. The average molecular weight is 370 g/mol. The Labute approximate surface area is 147 Å². The lowest BCUT2D eigenvalue weighted by Crippen LogP contribution is -2.36. The van der Waals surface area contributed by atoms with E-state index < -0.39 is 34.2 Å². The zero-order chi connectivity index (χ0) is 18.2. The zero-order valence-corrected chi connectivity index (χ0v) is 13.9. The number of fused-ring (bicyclic) bond motifs is 1. The van der Waals surface area contributed by atoms with E-state index in [-0.39, 0.29) is 42.5 Å². The topological polar surface area (TPSA) is 50.2 Å². The normalized spacial score (nSPS) is 22.5. The van der Waals surface area contributed by atoms with Gasteiger partial charge in [-0.1, -0.05) is 23.7 Å². The standard InChI is InChI=1S/C18H15ClF3NO2/c19-15-10(3-5-12(20)16(15)21)4-6-14(25)18(22)8-7-13(24)17-11(18)2-1-9-23-17/h1-3,5,9,13,24H,4,6-8H2/t13-,18-/m0/s1. The number of aliphatic hydroxyl groups excluding tert-OH is 1. The van der Waals surface area contributed by atoms with Crippen molar-refractivity contribution in [2.45, 2.75) is 37.5 Å². The molecule has 0 unspecified atom stereocenters. The molecule has 132 valence electrons. The number of alkyl halides is 1. The van der Waals surface area contributed by atoms with E-state index >= 15 is 4.39 Å². The number of aliphatic hydroxyl groups is 1. The summed E-state index contributed by atoms with van der Waals surface area (Å²) in [7, 11) is 0. The molecule has 1 heterocycles. The predicted molar refractivity (Wildman–Crippen MR) is 85.9 cm³/mol. The number of aryl methyl sites for hydroxylation is 1. The average Bonchev–Trinajstić information content (AvgIpc) is 2.62.